The number of benzene rings is 1. The molecule has 0 aliphatic rings. The number of rotatable bonds is 2. The third kappa shape index (κ3) is 2.13. The number of oxazole rings is 1. The van der Waals surface area contributed by atoms with Crippen LogP contribution < -0.4 is 0 Å². The molecule has 0 saturated carbocycles. The number of hydrogen-bond acceptors (Lipinski definition) is 2. The lowest BCUT2D eigenvalue weighted by Crippen LogP contribution is -1.93. The highest BCUT2D eigenvalue weighted by molar-refractivity contribution is 9.10. The Morgan fingerprint density at radius 2 is 1.76 bits per heavy atom. The molecule has 0 spiro atoms. The summed E-state index contributed by atoms with van der Waals surface area (Å²) in [5.41, 5.74) is 5.54. The van der Waals surface area contributed by atoms with Crippen molar-refractivity contribution in [3.8, 4) is 0 Å². The van der Waals surface area contributed by atoms with Crippen molar-refractivity contribution >= 4 is 27.0 Å². The number of halogens is 1. The van der Waals surface area contributed by atoms with E-state index >= 15 is 0 Å². The van der Waals surface area contributed by atoms with Crippen molar-refractivity contribution in [2.24, 2.45) is 5.92 Å². The monoisotopic (exact) mass is 295 g/mol. The lowest BCUT2D eigenvalue weighted by atomic mass is 10.1. The summed E-state index contributed by atoms with van der Waals surface area (Å²) in [6.45, 7) is 10.6. The Morgan fingerprint density at radius 1 is 1.12 bits per heavy atom. The van der Waals surface area contributed by atoms with Gasteiger partial charge in [-0.3, -0.25) is 0 Å². The summed E-state index contributed by atoms with van der Waals surface area (Å²) in [5, 5.41) is 0. The van der Waals surface area contributed by atoms with Gasteiger partial charge in [0.25, 0.3) is 0 Å². The Kier molecular flexibility index (Phi) is 3.30. The number of nitrogens with zero attached hydrogens (tertiary/aromatic N) is 1. The summed E-state index contributed by atoms with van der Waals surface area (Å²) >= 11 is 3.62. The van der Waals surface area contributed by atoms with Crippen molar-refractivity contribution in [1.82, 2.24) is 4.98 Å². The zero-order valence-corrected chi connectivity index (χ0v) is 12.6. The van der Waals surface area contributed by atoms with Crippen LogP contribution in [0, 0.1) is 26.7 Å². The Balaban J connectivity index is 2.68. The van der Waals surface area contributed by atoms with Crippen molar-refractivity contribution in [1.29, 1.82) is 0 Å². The lowest BCUT2D eigenvalue weighted by molar-refractivity contribution is 0.481. The van der Waals surface area contributed by atoms with Gasteiger partial charge >= 0.3 is 0 Å². The van der Waals surface area contributed by atoms with Crippen molar-refractivity contribution < 1.29 is 4.42 Å². The van der Waals surface area contributed by atoms with Gasteiger partial charge in [0.1, 0.15) is 5.52 Å². The van der Waals surface area contributed by atoms with Crippen LogP contribution in [0.5, 0.6) is 0 Å². The maximum absolute atomic E-state index is 5.89. The van der Waals surface area contributed by atoms with Gasteiger partial charge in [0, 0.05) is 16.5 Å². The molecule has 1 aromatic carbocycles. The van der Waals surface area contributed by atoms with E-state index in [0.717, 1.165) is 33.4 Å². The summed E-state index contributed by atoms with van der Waals surface area (Å²) < 4.78 is 7.02. The Hall–Kier alpha value is -0.830. The van der Waals surface area contributed by atoms with Crippen LogP contribution in [0.1, 0.15) is 36.4 Å². The average molecular weight is 296 g/mol. The van der Waals surface area contributed by atoms with Gasteiger partial charge in [0.2, 0.25) is 0 Å². The molecule has 0 fully saturated rings. The maximum atomic E-state index is 5.89. The molecule has 0 amide bonds. The van der Waals surface area contributed by atoms with E-state index in [1.807, 2.05) is 0 Å². The quantitative estimate of drug-likeness (QED) is 0.802. The fourth-order valence-electron chi connectivity index (χ4n) is 2.03. The van der Waals surface area contributed by atoms with Gasteiger partial charge in [-0.1, -0.05) is 29.8 Å². The van der Waals surface area contributed by atoms with E-state index in [2.05, 4.69) is 55.5 Å². The molecule has 0 saturated heterocycles. The van der Waals surface area contributed by atoms with Crippen molar-refractivity contribution in [2.45, 2.75) is 41.0 Å². The van der Waals surface area contributed by atoms with Gasteiger partial charge in [-0.25, -0.2) is 4.98 Å². The first-order chi connectivity index (χ1) is 7.91. The molecule has 0 unspecified atom stereocenters. The third-order valence-corrected chi connectivity index (χ3v) is 4.36. The van der Waals surface area contributed by atoms with Crippen LogP contribution >= 0.6 is 15.9 Å². The minimum Gasteiger partial charge on any atom is -0.440 e. The normalized spacial score (nSPS) is 11.7. The molecule has 2 rings (SSSR count). The highest BCUT2D eigenvalue weighted by atomic mass is 79.9. The molecule has 0 atom stereocenters. The predicted octanol–water partition coefficient (Wildman–Crippen LogP) is 4.71. The first-order valence-corrected chi connectivity index (χ1v) is 6.75. The van der Waals surface area contributed by atoms with E-state index < -0.39 is 0 Å². The van der Waals surface area contributed by atoms with Crippen molar-refractivity contribution in [2.75, 3.05) is 0 Å². The molecule has 0 aliphatic carbocycles. The summed E-state index contributed by atoms with van der Waals surface area (Å²) in [7, 11) is 0. The third-order valence-electron chi connectivity index (χ3n) is 3.17. The van der Waals surface area contributed by atoms with E-state index in [9.17, 15) is 0 Å². The molecular formula is C14H18BrNO. The molecule has 0 aliphatic heterocycles. The van der Waals surface area contributed by atoms with Crippen LogP contribution in [0.2, 0.25) is 0 Å². The highest BCUT2D eigenvalue weighted by Crippen LogP contribution is 2.33. The first-order valence-electron chi connectivity index (χ1n) is 5.96. The van der Waals surface area contributed by atoms with Gasteiger partial charge in [-0.05, 0) is 37.8 Å². The molecule has 1 aromatic heterocycles. The van der Waals surface area contributed by atoms with Crippen LogP contribution in [0.4, 0.5) is 0 Å². The van der Waals surface area contributed by atoms with Gasteiger partial charge in [-0.2, -0.15) is 0 Å². The number of aryl methyl sites for hydroxylation is 2. The second kappa shape index (κ2) is 4.45. The zero-order valence-electron chi connectivity index (χ0n) is 11.0. The number of aromatic nitrogens is 1. The summed E-state index contributed by atoms with van der Waals surface area (Å²) in [4.78, 5) is 4.63. The molecule has 0 N–H and O–H groups in total. The number of hydrogen-bond donors (Lipinski definition) is 0. The van der Waals surface area contributed by atoms with Gasteiger partial charge < -0.3 is 4.42 Å². The van der Waals surface area contributed by atoms with Crippen molar-refractivity contribution in [3.05, 3.63) is 27.1 Å². The van der Waals surface area contributed by atoms with Crippen molar-refractivity contribution in [3.63, 3.8) is 0 Å². The van der Waals surface area contributed by atoms with Gasteiger partial charge in [0.05, 0.1) is 0 Å². The Labute approximate surface area is 111 Å². The molecule has 0 radical (unpaired) electrons. The van der Waals surface area contributed by atoms with E-state index in [-0.39, 0.29) is 0 Å². The smallest absolute Gasteiger partial charge is 0.195 e. The second-order valence-electron chi connectivity index (χ2n) is 5.07. The van der Waals surface area contributed by atoms with Crippen LogP contribution in [0.3, 0.4) is 0 Å². The van der Waals surface area contributed by atoms with E-state index in [1.165, 1.54) is 11.1 Å². The minimum atomic E-state index is 0.563. The lowest BCUT2D eigenvalue weighted by Gasteiger charge is -2.06. The topological polar surface area (TPSA) is 26.0 Å². The summed E-state index contributed by atoms with van der Waals surface area (Å²) in [6, 6.07) is 0. The number of fused-ring (bicyclic) bond motifs is 1. The van der Waals surface area contributed by atoms with Crippen LogP contribution in [-0.2, 0) is 6.42 Å². The fraction of sp³-hybridized carbons (Fsp3) is 0.500. The van der Waals surface area contributed by atoms with E-state index in [4.69, 9.17) is 4.42 Å². The molecular weight excluding hydrogens is 278 g/mol. The molecule has 92 valence electrons. The predicted molar refractivity (Wildman–Crippen MR) is 74.5 cm³/mol. The molecule has 3 heteroatoms. The largest absolute Gasteiger partial charge is 0.440 e. The Bertz CT molecular complexity index is 524. The van der Waals surface area contributed by atoms with E-state index in [0.29, 0.717) is 5.92 Å². The highest BCUT2D eigenvalue weighted by Gasteiger charge is 2.16. The van der Waals surface area contributed by atoms with Crippen LogP contribution in [0.15, 0.2) is 8.89 Å². The Morgan fingerprint density at radius 3 is 2.35 bits per heavy atom. The molecule has 1 heterocycles. The SMILES string of the molecule is Cc1c(Br)c(C)c2oc(CC(C)C)nc2c1C. The first kappa shape index (κ1) is 12.6. The second-order valence-corrected chi connectivity index (χ2v) is 5.87. The molecule has 0 bridgehead atoms. The zero-order chi connectivity index (χ0) is 12.7. The van der Waals surface area contributed by atoms with Crippen LogP contribution in [-0.4, -0.2) is 4.98 Å². The molecule has 17 heavy (non-hydrogen) atoms. The average Bonchev–Trinajstić information content (AvgIpc) is 2.66. The summed E-state index contributed by atoms with van der Waals surface area (Å²) in [6.07, 6.45) is 0.893. The standard InChI is InChI=1S/C14H18BrNO/c1-7(2)6-11-16-13-9(4)8(3)12(15)10(5)14(13)17-11/h7H,6H2,1-5H3. The van der Waals surface area contributed by atoms with Gasteiger partial charge in [-0.15, -0.1) is 0 Å². The molecule has 2 aromatic rings. The van der Waals surface area contributed by atoms with E-state index in [1.54, 1.807) is 0 Å². The maximum Gasteiger partial charge on any atom is 0.195 e. The van der Waals surface area contributed by atoms with Crippen LogP contribution in [0.25, 0.3) is 11.1 Å². The minimum absolute atomic E-state index is 0.563. The summed E-state index contributed by atoms with van der Waals surface area (Å²) in [5.74, 6) is 1.41. The van der Waals surface area contributed by atoms with Gasteiger partial charge in [0.15, 0.2) is 11.5 Å². The fourth-order valence-corrected chi connectivity index (χ4v) is 2.51. The molecule has 2 nitrogen and oxygen atoms in total.